The molecule has 4 nitrogen and oxygen atoms in total. The van der Waals surface area contributed by atoms with E-state index in [1.54, 1.807) is 6.92 Å². The van der Waals surface area contributed by atoms with Crippen LogP contribution < -0.4 is 0 Å². The first-order chi connectivity index (χ1) is 4.52. The molecule has 56 valence electrons. The van der Waals surface area contributed by atoms with Crippen LogP contribution in [0, 0.1) is 6.92 Å². The summed E-state index contributed by atoms with van der Waals surface area (Å²) in [6, 6.07) is 0. The molecule has 0 aliphatic heterocycles. The molecule has 1 aromatic heterocycles. The van der Waals surface area contributed by atoms with E-state index >= 15 is 0 Å². The van der Waals surface area contributed by atoms with Gasteiger partial charge in [-0.15, -0.1) is 0 Å². The summed E-state index contributed by atoms with van der Waals surface area (Å²) in [5.74, 6) is 0. The van der Waals surface area contributed by atoms with Crippen molar-refractivity contribution >= 4 is 19.7 Å². The van der Waals surface area contributed by atoms with Gasteiger partial charge in [0.25, 0.3) is 14.1 Å². The normalized spacial score (nSPS) is 11.8. The maximum Gasteiger partial charge on any atom is 0.297 e. The summed E-state index contributed by atoms with van der Waals surface area (Å²) in [6.07, 6.45) is 1.29. The van der Waals surface area contributed by atoms with Crippen LogP contribution in [-0.2, 0) is 9.05 Å². The van der Waals surface area contributed by atoms with Crippen LogP contribution in [0.1, 0.15) is 5.56 Å². The number of rotatable bonds is 1. The molecule has 1 heterocycles. The van der Waals surface area contributed by atoms with Gasteiger partial charge in [0.05, 0.1) is 6.20 Å². The van der Waals surface area contributed by atoms with E-state index in [0.29, 0.717) is 5.56 Å². The molecule has 0 radical (unpaired) electrons. The van der Waals surface area contributed by atoms with Gasteiger partial charge in [-0.25, -0.2) is 8.42 Å². The Labute approximate surface area is 62.2 Å². The zero-order valence-corrected chi connectivity index (χ0v) is 6.61. The summed E-state index contributed by atoms with van der Waals surface area (Å²) in [5, 5.41) is 2.97. The molecule has 0 saturated heterocycles. The van der Waals surface area contributed by atoms with E-state index in [4.69, 9.17) is 10.7 Å². The van der Waals surface area contributed by atoms with Crippen molar-refractivity contribution in [2.45, 2.75) is 12.0 Å². The molecule has 0 amide bonds. The van der Waals surface area contributed by atoms with Crippen molar-refractivity contribution in [3.63, 3.8) is 0 Å². The van der Waals surface area contributed by atoms with Crippen LogP contribution in [0.4, 0.5) is 0 Å². The van der Waals surface area contributed by atoms with Crippen LogP contribution in [0.2, 0.25) is 0 Å². The molecule has 0 fully saturated rings. The quantitative estimate of drug-likeness (QED) is 0.605. The molecule has 10 heavy (non-hydrogen) atoms. The maximum absolute atomic E-state index is 10.5. The Morgan fingerprint density at radius 3 is 2.50 bits per heavy atom. The Bertz CT molecular complexity index is 328. The first-order valence-electron chi connectivity index (χ1n) is 2.38. The van der Waals surface area contributed by atoms with Gasteiger partial charge in [-0.05, 0) is 6.92 Å². The summed E-state index contributed by atoms with van der Waals surface area (Å²) >= 11 is 0. The standard InChI is InChI=1S/C4H4ClNO3S/c1-3-2-6-9-4(3)10(5,7)8/h2H,1H3. The fourth-order valence-electron chi connectivity index (χ4n) is 0.515. The van der Waals surface area contributed by atoms with Crippen LogP contribution >= 0.6 is 10.7 Å². The van der Waals surface area contributed by atoms with Gasteiger partial charge in [0, 0.05) is 16.2 Å². The van der Waals surface area contributed by atoms with Crippen molar-refractivity contribution in [3.05, 3.63) is 11.8 Å². The first kappa shape index (κ1) is 7.56. The van der Waals surface area contributed by atoms with Crippen LogP contribution in [0.15, 0.2) is 15.8 Å². The highest BCUT2D eigenvalue weighted by atomic mass is 35.7. The van der Waals surface area contributed by atoms with Gasteiger partial charge in [-0.1, -0.05) is 5.16 Å². The highest BCUT2D eigenvalue weighted by Gasteiger charge is 2.17. The topological polar surface area (TPSA) is 60.2 Å². The fourth-order valence-corrected chi connectivity index (χ4v) is 1.53. The van der Waals surface area contributed by atoms with Crippen LogP contribution in [0.25, 0.3) is 0 Å². The van der Waals surface area contributed by atoms with Crippen molar-refractivity contribution in [2.24, 2.45) is 0 Å². The number of halogens is 1. The second-order valence-electron chi connectivity index (χ2n) is 1.73. The lowest BCUT2D eigenvalue weighted by Gasteiger charge is -1.85. The third-order valence-corrected chi connectivity index (χ3v) is 2.19. The SMILES string of the molecule is Cc1cnoc1S(=O)(=O)Cl. The molecule has 0 aromatic carbocycles. The highest BCUT2D eigenvalue weighted by molar-refractivity contribution is 8.13. The molecule has 0 N–H and O–H groups in total. The van der Waals surface area contributed by atoms with E-state index in [9.17, 15) is 8.42 Å². The minimum Gasteiger partial charge on any atom is -0.343 e. The number of nitrogens with zero attached hydrogens (tertiary/aromatic N) is 1. The lowest BCUT2D eigenvalue weighted by molar-refractivity contribution is 0.339. The van der Waals surface area contributed by atoms with Gasteiger partial charge in [0.1, 0.15) is 0 Å². The Kier molecular flexibility index (Phi) is 1.70. The van der Waals surface area contributed by atoms with Crippen molar-refractivity contribution in [2.75, 3.05) is 0 Å². The predicted molar refractivity (Wildman–Crippen MR) is 34.3 cm³/mol. The van der Waals surface area contributed by atoms with E-state index in [-0.39, 0.29) is 5.09 Å². The number of aromatic nitrogens is 1. The largest absolute Gasteiger partial charge is 0.343 e. The summed E-state index contributed by atoms with van der Waals surface area (Å²) in [4.78, 5) is 0. The molecular formula is C4H4ClNO3S. The summed E-state index contributed by atoms with van der Waals surface area (Å²) in [5.41, 5.74) is 0.412. The molecule has 0 atom stereocenters. The zero-order chi connectivity index (χ0) is 7.78. The van der Waals surface area contributed by atoms with E-state index < -0.39 is 9.05 Å². The number of hydrogen-bond acceptors (Lipinski definition) is 4. The van der Waals surface area contributed by atoms with Gasteiger partial charge in [-0.3, -0.25) is 0 Å². The van der Waals surface area contributed by atoms with Gasteiger partial charge in [0.2, 0.25) is 0 Å². The van der Waals surface area contributed by atoms with Crippen LogP contribution in [0.3, 0.4) is 0 Å². The monoisotopic (exact) mass is 181 g/mol. The summed E-state index contributed by atoms with van der Waals surface area (Å²) in [7, 11) is 1.20. The van der Waals surface area contributed by atoms with Gasteiger partial charge < -0.3 is 4.52 Å². The van der Waals surface area contributed by atoms with Crippen molar-refractivity contribution in [3.8, 4) is 0 Å². The molecule has 0 spiro atoms. The Hall–Kier alpha value is -0.550. The molecule has 6 heteroatoms. The van der Waals surface area contributed by atoms with Gasteiger partial charge >= 0.3 is 0 Å². The summed E-state index contributed by atoms with van der Waals surface area (Å²) in [6.45, 7) is 1.55. The molecule has 0 aliphatic rings. The third kappa shape index (κ3) is 1.30. The lowest BCUT2D eigenvalue weighted by atomic mass is 10.4. The van der Waals surface area contributed by atoms with Crippen molar-refractivity contribution in [1.82, 2.24) is 5.16 Å². The average Bonchev–Trinajstić information content (AvgIpc) is 2.11. The van der Waals surface area contributed by atoms with E-state index in [1.807, 2.05) is 0 Å². The van der Waals surface area contributed by atoms with Gasteiger partial charge in [0.15, 0.2) is 0 Å². The smallest absolute Gasteiger partial charge is 0.297 e. The maximum atomic E-state index is 10.5. The van der Waals surface area contributed by atoms with Gasteiger partial charge in [-0.2, -0.15) is 0 Å². The molecule has 0 unspecified atom stereocenters. The minimum absolute atomic E-state index is 0.283. The van der Waals surface area contributed by atoms with Crippen LogP contribution in [-0.4, -0.2) is 13.6 Å². The zero-order valence-electron chi connectivity index (χ0n) is 5.04. The third-order valence-electron chi connectivity index (χ3n) is 0.925. The molecule has 0 aliphatic carbocycles. The molecule has 1 aromatic rings. The second-order valence-corrected chi connectivity index (χ2v) is 4.20. The first-order valence-corrected chi connectivity index (χ1v) is 4.68. The lowest BCUT2D eigenvalue weighted by Crippen LogP contribution is -1.88. The summed E-state index contributed by atoms with van der Waals surface area (Å²) < 4.78 is 25.5. The Balaban J connectivity index is 3.32. The van der Waals surface area contributed by atoms with Crippen molar-refractivity contribution in [1.29, 1.82) is 0 Å². The number of hydrogen-bond donors (Lipinski definition) is 0. The Morgan fingerprint density at radius 1 is 1.70 bits per heavy atom. The van der Waals surface area contributed by atoms with E-state index in [0.717, 1.165) is 0 Å². The predicted octanol–water partition coefficient (Wildman–Crippen LogP) is 0.911. The molecule has 1 rings (SSSR count). The molecule has 0 bridgehead atoms. The van der Waals surface area contributed by atoms with Crippen LogP contribution in [0.5, 0.6) is 0 Å². The molecular weight excluding hydrogens is 178 g/mol. The Morgan fingerprint density at radius 2 is 2.30 bits per heavy atom. The van der Waals surface area contributed by atoms with E-state index in [2.05, 4.69) is 9.68 Å². The second kappa shape index (κ2) is 2.25. The van der Waals surface area contributed by atoms with Crippen molar-refractivity contribution < 1.29 is 12.9 Å². The minimum atomic E-state index is -3.75. The average molecular weight is 182 g/mol. The number of aryl methyl sites for hydroxylation is 1. The molecule has 0 saturated carbocycles. The highest BCUT2D eigenvalue weighted by Crippen LogP contribution is 2.17. The fraction of sp³-hybridized carbons (Fsp3) is 0.250. The van der Waals surface area contributed by atoms with E-state index in [1.165, 1.54) is 6.20 Å².